The molecule has 17 heavy (non-hydrogen) atoms. The van der Waals surface area contributed by atoms with Gasteiger partial charge in [-0.25, -0.2) is 0 Å². The molecule has 4 nitrogen and oxygen atoms in total. The summed E-state index contributed by atoms with van der Waals surface area (Å²) in [7, 11) is 0. The molecule has 1 aromatic rings. The van der Waals surface area contributed by atoms with Crippen molar-refractivity contribution in [1.82, 2.24) is 0 Å². The van der Waals surface area contributed by atoms with E-state index in [1.165, 1.54) is 0 Å². The predicted molar refractivity (Wildman–Crippen MR) is 65.0 cm³/mol. The number of ketones is 1. The molecule has 92 valence electrons. The first kappa shape index (κ1) is 13.7. The summed E-state index contributed by atoms with van der Waals surface area (Å²) in [6.07, 6.45) is -0.0690. The van der Waals surface area contributed by atoms with E-state index >= 15 is 0 Å². The molecule has 0 aliphatic rings. The Morgan fingerprint density at radius 3 is 2.47 bits per heavy atom. The molecular formula is C12H14ClNO3. The smallest absolute Gasteiger partial charge is 0.323 e. The minimum Gasteiger partial charge on any atom is -0.465 e. The Balaban J connectivity index is 2.60. The van der Waals surface area contributed by atoms with E-state index in [4.69, 9.17) is 22.1 Å². The number of halogens is 1. The van der Waals surface area contributed by atoms with Crippen molar-refractivity contribution >= 4 is 23.4 Å². The Bertz CT molecular complexity index is 403. The van der Waals surface area contributed by atoms with E-state index in [2.05, 4.69) is 0 Å². The highest BCUT2D eigenvalue weighted by molar-refractivity contribution is 6.30. The second kappa shape index (κ2) is 6.37. The molecule has 0 aliphatic heterocycles. The van der Waals surface area contributed by atoms with Gasteiger partial charge < -0.3 is 10.5 Å². The molecule has 0 bridgehead atoms. The van der Waals surface area contributed by atoms with Gasteiger partial charge in [0.25, 0.3) is 0 Å². The van der Waals surface area contributed by atoms with E-state index in [-0.39, 0.29) is 18.8 Å². The van der Waals surface area contributed by atoms with Crippen LogP contribution in [-0.4, -0.2) is 24.4 Å². The van der Waals surface area contributed by atoms with Crippen molar-refractivity contribution in [3.8, 4) is 0 Å². The highest BCUT2D eigenvalue weighted by Crippen LogP contribution is 2.11. The van der Waals surface area contributed by atoms with Crippen LogP contribution in [0.2, 0.25) is 5.02 Å². The van der Waals surface area contributed by atoms with Crippen molar-refractivity contribution in [2.45, 2.75) is 19.4 Å². The molecule has 0 saturated heterocycles. The SMILES string of the molecule is CCOC(=O)C(N)CC(=O)c1ccc(Cl)cc1. The van der Waals surface area contributed by atoms with Crippen molar-refractivity contribution in [3.63, 3.8) is 0 Å². The maximum atomic E-state index is 11.7. The lowest BCUT2D eigenvalue weighted by Crippen LogP contribution is -2.34. The molecule has 0 saturated carbocycles. The van der Waals surface area contributed by atoms with E-state index in [0.29, 0.717) is 10.6 Å². The quantitative estimate of drug-likeness (QED) is 0.643. The number of hydrogen-bond donors (Lipinski definition) is 1. The van der Waals surface area contributed by atoms with Crippen molar-refractivity contribution < 1.29 is 14.3 Å². The molecule has 0 fully saturated rings. The van der Waals surface area contributed by atoms with E-state index in [1.54, 1.807) is 31.2 Å². The zero-order valence-electron chi connectivity index (χ0n) is 9.48. The summed E-state index contributed by atoms with van der Waals surface area (Å²) in [5, 5.41) is 0.552. The average molecular weight is 256 g/mol. The van der Waals surface area contributed by atoms with Crippen molar-refractivity contribution in [1.29, 1.82) is 0 Å². The molecular weight excluding hydrogens is 242 g/mol. The zero-order valence-corrected chi connectivity index (χ0v) is 10.2. The minimum absolute atomic E-state index is 0.0690. The Labute approximate surface area is 105 Å². The summed E-state index contributed by atoms with van der Waals surface area (Å²) in [4.78, 5) is 23.0. The number of Topliss-reactive ketones (excluding diaryl/α,β-unsaturated/α-hetero) is 1. The average Bonchev–Trinajstić information content (AvgIpc) is 2.30. The molecule has 1 atom stereocenters. The fourth-order valence-electron chi connectivity index (χ4n) is 1.29. The van der Waals surface area contributed by atoms with E-state index in [1.807, 2.05) is 0 Å². The molecule has 1 aromatic carbocycles. The van der Waals surface area contributed by atoms with E-state index < -0.39 is 12.0 Å². The number of carbonyl (C=O) groups is 2. The van der Waals surface area contributed by atoms with Gasteiger partial charge in [0, 0.05) is 17.0 Å². The highest BCUT2D eigenvalue weighted by Gasteiger charge is 2.19. The van der Waals surface area contributed by atoms with Gasteiger partial charge in [0.1, 0.15) is 6.04 Å². The first-order valence-corrected chi connectivity index (χ1v) is 5.63. The van der Waals surface area contributed by atoms with Gasteiger partial charge in [-0.05, 0) is 31.2 Å². The minimum atomic E-state index is -0.918. The molecule has 0 aromatic heterocycles. The molecule has 0 radical (unpaired) electrons. The Kier molecular flexibility index (Phi) is 5.12. The largest absolute Gasteiger partial charge is 0.465 e. The van der Waals surface area contributed by atoms with Gasteiger partial charge >= 0.3 is 5.97 Å². The lowest BCUT2D eigenvalue weighted by molar-refractivity contribution is -0.144. The summed E-state index contributed by atoms with van der Waals surface area (Å²) in [6.45, 7) is 1.94. The first-order valence-electron chi connectivity index (χ1n) is 5.25. The van der Waals surface area contributed by atoms with Crippen LogP contribution in [0.25, 0.3) is 0 Å². The van der Waals surface area contributed by atoms with Gasteiger partial charge in [-0.3, -0.25) is 9.59 Å². The second-order valence-corrected chi connectivity index (χ2v) is 3.93. The summed E-state index contributed by atoms with van der Waals surface area (Å²) in [5.74, 6) is -0.767. The highest BCUT2D eigenvalue weighted by atomic mass is 35.5. The molecule has 1 rings (SSSR count). The molecule has 1 unspecified atom stereocenters. The lowest BCUT2D eigenvalue weighted by atomic mass is 10.0. The molecule has 0 aliphatic carbocycles. The van der Waals surface area contributed by atoms with Crippen LogP contribution in [0.5, 0.6) is 0 Å². The number of carbonyl (C=O) groups excluding carboxylic acids is 2. The second-order valence-electron chi connectivity index (χ2n) is 3.49. The van der Waals surface area contributed by atoms with Gasteiger partial charge in [-0.15, -0.1) is 0 Å². The van der Waals surface area contributed by atoms with Gasteiger partial charge in [-0.1, -0.05) is 11.6 Å². The van der Waals surface area contributed by atoms with Crippen LogP contribution >= 0.6 is 11.6 Å². The van der Waals surface area contributed by atoms with Crippen LogP contribution in [0.3, 0.4) is 0 Å². The van der Waals surface area contributed by atoms with Crippen LogP contribution in [-0.2, 0) is 9.53 Å². The Hall–Kier alpha value is -1.39. The summed E-state index contributed by atoms with van der Waals surface area (Å²) in [6, 6.07) is 5.51. The number of esters is 1. The molecule has 5 heteroatoms. The van der Waals surface area contributed by atoms with Gasteiger partial charge in [0.15, 0.2) is 5.78 Å². The van der Waals surface area contributed by atoms with Crippen LogP contribution in [0.15, 0.2) is 24.3 Å². The van der Waals surface area contributed by atoms with Gasteiger partial charge in [0.2, 0.25) is 0 Å². The van der Waals surface area contributed by atoms with Crippen LogP contribution in [0.1, 0.15) is 23.7 Å². The summed E-state index contributed by atoms with van der Waals surface area (Å²) >= 11 is 5.70. The molecule has 0 spiro atoms. The van der Waals surface area contributed by atoms with Crippen molar-refractivity contribution in [3.05, 3.63) is 34.9 Å². The third-order valence-corrected chi connectivity index (χ3v) is 2.41. The monoisotopic (exact) mass is 255 g/mol. The van der Waals surface area contributed by atoms with E-state index in [9.17, 15) is 9.59 Å². The number of rotatable bonds is 5. The van der Waals surface area contributed by atoms with Crippen LogP contribution in [0.4, 0.5) is 0 Å². The Morgan fingerprint density at radius 2 is 1.94 bits per heavy atom. The van der Waals surface area contributed by atoms with Crippen molar-refractivity contribution in [2.75, 3.05) is 6.61 Å². The normalized spacial score (nSPS) is 11.9. The topological polar surface area (TPSA) is 69.4 Å². The number of ether oxygens (including phenoxy) is 1. The fourth-order valence-corrected chi connectivity index (χ4v) is 1.41. The standard InChI is InChI=1S/C12H14ClNO3/c1-2-17-12(16)10(14)7-11(15)8-3-5-9(13)6-4-8/h3-6,10H,2,7,14H2,1H3. The maximum absolute atomic E-state index is 11.7. The van der Waals surface area contributed by atoms with Gasteiger partial charge in [-0.2, -0.15) is 0 Å². The number of nitrogens with two attached hydrogens (primary N) is 1. The number of benzene rings is 1. The summed E-state index contributed by atoms with van der Waals surface area (Å²) in [5.41, 5.74) is 6.03. The molecule has 0 heterocycles. The lowest BCUT2D eigenvalue weighted by Gasteiger charge is -2.09. The van der Waals surface area contributed by atoms with Crippen LogP contribution < -0.4 is 5.73 Å². The number of hydrogen-bond acceptors (Lipinski definition) is 4. The maximum Gasteiger partial charge on any atom is 0.323 e. The molecule has 0 amide bonds. The third kappa shape index (κ3) is 4.17. The predicted octanol–water partition coefficient (Wildman–Crippen LogP) is 1.80. The summed E-state index contributed by atoms with van der Waals surface area (Å²) < 4.78 is 4.72. The first-order chi connectivity index (χ1) is 8.04. The van der Waals surface area contributed by atoms with E-state index in [0.717, 1.165) is 0 Å². The molecule has 2 N–H and O–H groups in total. The third-order valence-electron chi connectivity index (χ3n) is 2.16. The Morgan fingerprint density at radius 1 is 1.35 bits per heavy atom. The van der Waals surface area contributed by atoms with Crippen molar-refractivity contribution in [2.24, 2.45) is 5.73 Å². The fraction of sp³-hybridized carbons (Fsp3) is 0.333. The van der Waals surface area contributed by atoms with Crippen LogP contribution in [0, 0.1) is 0 Å². The zero-order chi connectivity index (χ0) is 12.8. The van der Waals surface area contributed by atoms with Gasteiger partial charge in [0.05, 0.1) is 6.61 Å².